The molecule has 1 aromatic carbocycles. The quantitative estimate of drug-likeness (QED) is 0.760. The maximum Gasteiger partial charge on any atom is 0.242 e. The lowest BCUT2D eigenvalue weighted by molar-refractivity contribution is 0.498. The summed E-state index contributed by atoms with van der Waals surface area (Å²) in [6, 6.07) is 6.78. The van der Waals surface area contributed by atoms with E-state index in [4.69, 9.17) is 0 Å². The predicted octanol–water partition coefficient (Wildman–Crippen LogP) is 1.45. The van der Waals surface area contributed by atoms with Crippen LogP contribution >= 0.6 is 0 Å². The van der Waals surface area contributed by atoms with Gasteiger partial charge < -0.3 is 0 Å². The minimum atomic E-state index is -3.33. The molecule has 0 saturated heterocycles. The highest BCUT2D eigenvalue weighted by Gasteiger charge is 2.18. The second-order valence-corrected chi connectivity index (χ2v) is 5.18. The highest BCUT2D eigenvalue weighted by atomic mass is 32.2. The van der Waals surface area contributed by atoms with Crippen LogP contribution in [0.25, 0.3) is 0 Å². The summed E-state index contributed by atoms with van der Waals surface area (Å²) in [6.45, 7) is 5.69. The molecule has 0 unspecified atom stereocenters. The van der Waals surface area contributed by atoms with Gasteiger partial charge in [-0.15, -0.1) is 0 Å². The van der Waals surface area contributed by atoms with Gasteiger partial charge in [-0.05, 0) is 26.0 Å². The molecule has 1 aromatic rings. The van der Waals surface area contributed by atoms with E-state index in [0.29, 0.717) is 4.90 Å². The minimum absolute atomic E-state index is 0.232. The van der Waals surface area contributed by atoms with Gasteiger partial charge in [-0.25, -0.2) is 12.7 Å². The molecule has 0 fully saturated rings. The molecule has 1 radical (unpaired) electrons. The largest absolute Gasteiger partial charge is 0.242 e. The van der Waals surface area contributed by atoms with Gasteiger partial charge in [0.2, 0.25) is 10.0 Å². The number of hydrogen-bond acceptors (Lipinski definition) is 2. The molecule has 0 spiro atoms. The molecule has 0 amide bonds. The summed E-state index contributed by atoms with van der Waals surface area (Å²) in [6.07, 6.45) is 0. The Kier molecular flexibility index (Phi) is 3.29. The van der Waals surface area contributed by atoms with Crippen molar-refractivity contribution in [2.75, 3.05) is 13.6 Å². The van der Waals surface area contributed by atoms with Crippen LogP contribution in [0.3, 0.4) is 0 Å². The predicted molar refractivity (Wildman–Crippen MR) is 56.4 cm³/mol. The topological polar surface area (TPSA) is 37.4 Å². The van der Waals surface area contributed by atoms with Crippen LogP contribution in [0.2, 0.25) is 0 Å². The second-order valence-electron chi connectivity index (χ2n) is 3.14. The normalized spacial score (nSPS) is 12.0. The Bertz CT molecular complexity index is 395. The summed E-state index contributed by atoms with van der Waals surface area (Å²) in [5.41, 5.74) is 1.04. The molecule has 1 rings (SSSR count). The molecule has 0 aliphatic rings. The molecule has 0 aliphatic carbocycles. The zero-order valence-electron chi connectivity index (χ0n) is 8.40. The van der Waals surface area contributed by atoms with Gasteiger partial charge in [0.1, 0.15) is 0 Å². The van der Waals surface area contributed by atoms with E-state index in [9.17, 15) is 8.42 Å². The van der Waals surface area contributed by atoms with E-state index >= 15 is 0 Å². The van der Waals surface area contributed by atoms with Crippen molar-refractivity contribution >= 4 is 10.0 Å². The fourth-order valence-electron chi connectivity index (χ4n) is 1.01. The molecule has 0 heterocycles. The molecule has 0 N–H and O–H groups in total. The number of nitrogens with zero attached hydrogens (tertiary/aromatic N) is 1. The molecule has 4 heteroatoms. The van der Waals surface area contributed by atoms with E-state index in [-0.39, 0.29) is 6.54 Å². The molecular weight excluding hydrogens is 198 g/mol. The van der Waals surface area contributed by atoms with Crippen LogP contribution in [0.5, 0.6) is 0 Å². The Morgan fingerprint density at radius 3 is 2.21 bits per heavy atom. The van der Waals surface area contributed by atoms with E-state index in [0.717, 1.165) is 5.56 Å². The van der Waals surface area contributed by atoms with Crippen LogP contribution in [0.15, 0.2) is 29.2 Å². The van der Waals surface area contributed by atoms with E-state index < -0.39 is 10.0 Å². The molecule has 0 atom stereocenters. The Balaban J connectivity index is 3.11. The van der Waals surface area contributed by atoms with Gasteiger partial charge in [0.25, 0.3) is 0 Å². The van der Waals surface area contributed by atoms with Crippen molar-refractivity contribution in [3.8, 4) is 0 Å². The van der Waals surface area contributed by atoms with Crippen LogP contribution in [-0.2, 0) is 10.0 Å². The van der Waals surface area contributed by atoms with Gasteiger partial charge in [0.15, 0.2) is 0 Å². The second kappa shape index (κ2) is 4.11. The molecule has 3 nitrogen and oxygen atoms in total. The maximum absolute atomic E-state index is 11.8. The van der Waals surface area contributed by atoms with Crippen molar-refractivity contribution in [1.29, 1.82) is 0 Å². The van der Waals surface area contributed by atoms with Crippen LogP contribution in [0.4, 0.5) is 0 Å². The van der Waals surface area contributed by atoms with Crippen molar-refractivity contribution in [2.45, 2.75) is 11.8 Å². The molecule has 77 valence electrons. The van der Waals surface area contributed by atoms with Gasteiger partial charge in [-0.2, -0.15) is 0 Å². The Hall–Kier alpha value is -0.870. The van der Waals surface area contributed by atoms with Gasteiger partial charge in [-0.1, -0.05) is 17.7 Å². The standard InChI is InChI=1S/C10H14NO2S/c1-4-11(3)14(12,13)10-7-5-9(2)6-8-10/h5-8H,1,4H2,2-3H3. The molecular formula is C10H14NO2S. The number of sulfonamides is 1. The zero-order chi connectivity index (χ0) is 10.8. The van der Waals surface area contributed by atoms with Crippen LogP contribution in [0, 0.1) is 13.8 Å². The van der Waals surface area contributed by atoms with Gasteiger partial charge in [0.05, 0.1) is 4.90 Å². The third-order valence-corrected chi connectivity index (χ3v) is 3.92. The first kappa shape index (κ1) is 11.2. The van der Waals surface area contributed by atoms with Gasteiger partial charge in [-0.3, -0.25) is 0 Å². The fraction of sp³-hybridized carbons (Fsp3) is 0.300. The lowest BCUT2D eigenvalue weighted by Gasteiger charge is -2.14. The van der Waals surface area contributed by atoms with Crippen LogP contribution in [0.1, 0.15) is 5.56 Å². The van der Waals surface area contributed by atoms with Gasteiger partial charge >= 0.3 is 0 Å². The first-order valence-corrected chi connectivity index (χ1v) is 5.74. The molecule has 0 aromatic heterocycles. The minimum Gasteiger partial charge on any atom is -0.207 e. The summed E-state index contributed by atoms with van der Waals surface area (Å²) < 4.78 is 24.7. The van der Waals surface area contributed by atoms with E-state index in [1.54, 1.807) is 24.3 Å². The average molecular weight is 212 g/mol. The van der Waals surface area contributed by atoms with E-state index in [1.807, 2.05) is 6.92 Å². The van der Waals surface area contributed by atoms with E-state index in [2.05, 4.69) is 6.92 Å². The molecule has 0 aliphatic heterocycles. The average Bonchev–Trinajstić information content (AvgIpc) is 2.17. The first-order chi connectivity index (χ1) is 6.48. The number of benzene rings is 1. The maximum atomic E-state index is 11.8. The molecule has 14 heavy (non-hydrogen) atoms. The van der Waals surface area contributed by atoms with Crippen molar-refractivity contribution in [1.82, 2.24) is 4.31 Å². The number of hydrogen-bond donors (Lipinski definition) is 0. The van der Waals surface area contributed by atoms with Crippen LogP contribution < -0.4 is 0 Å². The monoisotopic (exact) mass is 212 g/mol. The summed E-state index contributed by atoms with van der Waals surface area (Å²) in [4.78, 5) is 0.314. The zero-order valence-corrected chi connectivity index (χ0v) is 9.21. The fourth-order valence-corrected chi connectivity index (χ4v) is 2.09. The lowest BCUT2D eigenvalue weighted by Crippen LogP contribution is -2.26. The SMILES string of the molecule is [CH2]CN(C)S(=O)(=O)c1ccc(C)cc1. The molecule has 0 bridgehead atoms. The number of aryl methyl sites for hydroxylation is 1. The van der Waals surface area contributed by atoms with Crippen molar-refractivity contribution in [3.05, 3.63) is 36.8 Å². The van der Waals surface area contributed by atoms with Crippen molar-refractivity contribution < 1.29 is 8.42 Å². The highest BCUT2D eigenvalue weighted by Crippen LogP contribution is 2.14. The Labute approximate surface area is 85.4 Å². The summed E-state index contributed by atoms with van der Waals surface area (Å²) in [5.74, 6) is 0. The summed E-state index contributed by atoms with van der Waals surface area (Å²) >= 11 is 0. The summed E-state index contributed by atoms with van der Waals surface area (Å²) in [5, 5.41) is 0. The first-order valence-electron chi connectivity index (χ1n) is 4.30. The van der Waals surface area contributed by atoms with Gasteiger partial charge in [0, 0.05) is 13.6 Å². The smallest absolute Gasteiger partial charge is 0.207 e. The Morgan fingerprint density at radius 1 is 1.29 bits per heavy atom. The third kappa shape index (κ3) is 2.13. The van der Waals surface area contributed by atoms with E-state index in [1.165, 1.54) is 11.4 Å². The lowest BCUT2D eigenvalue weighted by atomic mass is 10.2. The molecule has 0 saturated carbocycles. The van der Waals surface area contributed by atoms with Crippen molar-refractivity contribution in [3.63, 3.8) is 0 Å². The Morgan fingerprint density at radius 2 is 1.79 bits per heavy atom. The third-order valence-electron chi connectivity index (χ3n) is 2.04. The van der Waals surface area contributed by atoms with Crippen molar-refractivity contribution in [2.24, 2.45) is 0 Å². The highest BCUT2D eigenvalue weighted by molar-refractivity contribution is 7.89. The number of rotatable bonds is 3. The summed E-state index contributed by atoms with van der Waals surface area (Å²) in [7, 11) is -1.82. The van der Waals surface area contributed by atoms with Crippen LogP contribution in [-0.4, -0.2) is 26.3 Å².